The molecule has 0 spiro atoms. The molecule has 2 N–H and O–H groups in total. The number of hydrogen-bond acceptors (Lipinski definition) is 4. The molecule has 3 aromatic carbocycles. The zero-order valence-electron chi connectivity index (χ0n) is 21.3. The van der Waals surface area contributed by atoms with Crippen molar-refractivity contribution in [1.29, 1.82) is 0 Å². The Bertz CT molecular complexity index is 1340. The molecule has 0 atom stereocenters. The van der Waals surface area contributed by atoms with E-state index in [1.807, 2.05) is 31.2 Å². The van der Waals surface area contributed by atoms with Crippen LogP contribution in [0, 0.1) is 0 Å². The number of para-hydroxylation sites is 1. The standard InChI is InChI=1S/C28H33N3O4S/c1-6-20-10-7-8-13-25(20)31(36(5,34)35)19-26(32)29-23-11-9-12-24(18-23)30-27(33)21-14-16-22(17-15-21)28(2,3)4/h7-18H,6,19H2,1-5H3,(H,29,32)(H,30,33). The highest BCUT2D eigenvalue weighted by Gasteiger charge is 2.23. The van der Waals surface area contributed by atoms with Gasteiger partial charge in [-0.1, -0.05) is 64.1 Å². The lowest BCUT2D eigenvalue weighted by atomic mass is 9.87. The molecule has 0 saturated heterocycles. The minimum Gasteiger partial charge on any atom is -0.324 e. The summed E-state index contributed by atoms with van der Waals surface area (Å²) in [6.07, 6.45) is 1.71. The molecule has 0 unspecified atom stereocenters. The lowest BCUT2D eigenvalue weighted by molar-refractivity contribution is -0.114. The molecule has 0 aromatic heterocycles. The van der Waals surface area contributed by atoms with E-state index in [1.165, 1.54) is 0 Å². The molecular formula is C28H33N3O4S. The fourth-order valence-electron chi connectivity index (χ4n) is 3.76. The van der Waals surface area contributed by atoms with Crippen LogP contribution in [0.15, 0.2) is 72.8 Å². The molecule has 0 fully saturated rings. The third-order valence-electron chi connectivity index (χ3n) is 5.75. The van der Waals surface area contributed by atoms with Crippen LogP contribution in [0.3, 0.4) is 0 Å². The molecule has 0 aliphatic heterocycles. The largest absolute Gasteiger partial charge is 0.324 e. The second-order valence-electron chi connectivity index (χ2n) is 9.66. The van der Waals surface area contributed by atoms with Crippen LogP contribution in [-0.2, 0) is 26.7 Å². The first-order chi connectivity index (χ1) is 16.9. The molecule has 0 radical (unpaired) electrons. The van der Waals surface area contributed by atoms with Crippen molar-refractivity contribution in [2.24, 2.45) is 0 Å². The molecule has 7 nitrogen and oxygen atoms in total. The first kappa shape index (κ1) is 26.9. The van der Waals surface area contributed by atoms with Crippen molar-refractivity contribution < 1.29 is 18.0 Å². The number of hydrogen-bond donors (Lipinski definition) is 2. The van der Waals surface area contributed by atoms with E-state index in [9.17, 15) is 18.0 Å². The summed E-state index contributed by atoms with van der Waals surface area (Å²) >= 11 is 0. The Balaban J connectivity index is 1.71. The number of carbonyl (C=O) groups is 2. The minimum atomic E-state index is -3.69. The van der Waals surface area contributed by atoms with Gasteiger partial charge in [-0.05, 0) is 59.4 Å². The summed E-state index contributed by atoms with van der Waals surface area (Å²) in [6.45, 7) is 7.89. The summed E-state index contributed by atoms with van der Waals surface area (Å²) in [6, 6.07) is 21.3. The monoisotopic (exact) mass is 507 g/mol. The molecule has 0 heterocycles. The Labute approximate surface area is 213 Å². The van der Waals surface area contributed by atoms with Crippen LogP contribution in [-0.4, -0.2) is 33.0 Å². The number of carbonyl (C=O) groups excluding carboxylic acids is 2. The molecule has 0 saturated carbocycles. The highest BCUT2D eigenvalue weighted by Crippen LogP contribution is 2.25. The van der Waals surface area contributed by atoms with E-state index < -0.39 is 15.9 Å². The number of amides is 2. The number of sulfonamides is 1. The molecule has 36 heavy (non-hydrogen) atoms. The maximum Gasteiger partial charge on any atom is 0.255 e. The summed E-state index contributed by atoms with van der Waals surface area (Å²) in [5, 5.41) is 5.57. The number of benzene rings is 3. The SMILES string of the molecule is CCc1ccccc1N(CC(=O)Nc1cccc(NC(=O)c2ccc(C(C)(C)C)cc2)c1)S(C)(=O)=O. The number of anilines is 3. The minimum absolute atomic E-state index is 0.00709. The molecule has 0 aliphatic carbocycles. The van der Waals surface area contributed by atoms with Gasteiger partial charge in [0.25, 0.3) is 5.91 Å². The van der Waals surface area contributed by atoms with Crippen LogP contribution < -0.4 is 14.9 Å². The van der Waals surface area contributed by atoms with Crippen molar-refractivity contribution in [3.05, 3.63) is 89.5 Å². The predicted molar refractivity (Wildman–Crippen MR) is 146 cm³/mol. The zero-order valence-corrected chi connectivity index (χ0v) is 22.1. The van der Waals surface area contributed by atoms with Gasteiger partial charge in [0.15, 0.2) is 0 Å². The van der Waals surface area contributed by atoms with Gasteiger partial charge >= 0.3 is 0 Å². The van der Waals surface area contributed by atoms with Crippen molar-refractivity contribution >= 4 is 38.9 Å². The Morgan fingerprint density at radius 1 is 0.861 bits per heavy atom. The third-order valence-corrected chi connectivity index (χ3v) is 6.87. The predicted octanol–water partition coefficient (Wildman–Crippen LogP) is 5.20. The third kappa shape index (κ3) is 6.95. The van der Waals surface area contributed by atoms with Crippen molar-refractivity contribution in [3.63, 3.8) is 0 Å². The second-order valence-corrected chi connectivity index (χ2v) is 11.6. The van der Waals surface area contributed by atoms with E-state index in [0.29, 0.717) is 29.0 Å². The molecule has 190 valence electrons. The molecule has 3 aromatic rings. The quantitative estimate of drug-likeness (QED) is 0.438. The van der Waals surface area contributed by atoms with Gasteiger partial charge in [0.1, 0.15) is 6.54 Å². The van der Waals surface area contributed by atoms with Crippen LogP contribution in [0.4, 0.5) is 17.1 Å². The fraction of sp³-hybridized carbons (Fsp3) is 0.286. The molecule has 8 heteroatoms. The number of rotatable bonds is 8. The van der Waals surface area contributed by atoms with Gasteiger partial charge in [0.05, 0.1) is 11.9 Å². The van der Waals surface area contributed by atoms with E-state index >= 15 is 0 Å². The summed E-state index contributed by atoms with van der Waals surface area (Å²) in [4.78, 5) is 25.5. The van der Waals surface area contributed by atoms with Crippen LogP contribution in [0.5, 0.6) is 0 Å². The molecule has 0 aliphatic rings. The maximum atomic E-state index is 12.8. The fourth-order valence-corrected chi connectivity index (χ4v) is 4.65. The van der Waals surface area contributed by atoms with Gasteiger partial charge in [-0.25, -0.2) is 8.42 Å². The van der Waals surface area contributed by atoms with E-state index in [-0.39, 0.29) is 17.9 Å². The number of nitrogens with zero attached hydrogens (tertiary/aromatic N) is 1. The van der Waals surface area contributed by atoms with Gasteiger partial charge < -0.3 is 10.6 Å². The second kappa shape index (κ2) is 11.0. The van der Waals surface area contributed by atoms with Gasteiger partial charge in [0, 0.05) is 16.9 Å². The van der Waals surface area contributed by atoms with Gasteiger partial charge in [0.2, 0.25) is 15.9 Å². The topological polar surface area (TPSA) is 95.6 Å². The smallest absolute Gasteiger partial charge is 0.255 e. The van der Waals surface area contributed by atoms with E-state index in [4.69, 9.17) is 0 Å². The normalized spacial score (nSPS) is 11.6. The van der Waals surface area contributed by atoms with E-state index in [1.54, 1.807) is 48.5 Å². The van der Waals surface area contributed by atoms with Crippen LogP contribution in [0.1, 0.15) is 49.2 Å². The van der Waals surface area contributed by atoms with Gasteiger partial charge in [-0.15, -0.1) is 0 Å². The van der Waals surface area contributed by atoms with Crippen LogP contribution in [0.25, 0.3) is 0 Å². The lowest BCUT2D eigenvalue weighted by Crippen LogP contribution is -2.38. The summed E-state index contributed by atoms with van der Waals surface area (Å²) in [7, 11) is -3.69. The Morgan fingerprint density at radius 2 is 1.47 bits per heavy atom. The van der Waals surface area contributed by atoms with E-state index in [0.717, 1.165) is 21.7 Å². The van der Waals surface area contributed by atoms with Crippen LogP contribution >= 0.6 is 0 Å². The summed E-state index contributed by atoms with van der Waals surface area (Å²) in [5.74, 6) is -0.758. The highest BCUT2D eigenvalue weighted by atomic mass is 32.2. The van der Waals surface area contributed by atoms with Crippen molar-refractivity contribution in [2.45, 2.75) is 39.5 Å². The molecule has 0 bridgehead atoms. The highest BCUT2D eigenvalue weighted by molar-refractivity contribution is 7.92. The Morgan fingerprint density at radius 3 is 2.06 bits per heavy atom. The van der Waals surface area contributed by atoms with Crippen molar-refractivity contribution in [2.75, 3.05) is 27.7 Å². The maximum absolute atomic E-state index is 12.8. The van der Waals surface area contributed by atoms with Crippen molar-refractivity contribution in [1.82, 2.24) is 0 Å². The van der Waals surface area contributed by atoms with Gasteiger partial charge in [-0.2, -0.15) is 0 Å². The molecule has 2 amide bonds. The molecule has 3 rings (SSSR count). The molecular weight excluding hydrogens is 474 g/mol. The first-order valence-corrected chi connectivity index (χ1v) is 13.6. The first-order valence-electron chi connectivity index (χ1n) is 11.8. The summed E-state index contributed by atoms with van der Waals surface area (Å²) in [5.41, 5.74) is 3.91. The Hall–Kier alpha value is -3.65. The summed E-state index contributed by atoms with van der Waals surface area (Å²) < 4.78 is 26.0. The number of aryl methyl sites for hydroxylation is 1. The van der Waals surface area contributed by atoms with E-state index in [2.05, 4.69) is 31.4 Å². The van der Waals surface area contributed by atoms with Crippen LogP contribution in [0.2, 0.25) is 0 Å². The Kier molecular flexibility index (Phi) is 8.20. The van der Waals surface area contributed by atoms with Gasteiger partial charge in [-0.3, -0.25) is 13.9 Å². The van der Waals surface area contributed by atoms with Crippen molar-refractivity contribution in [3.8, 4) is 0 Å². The zero-order chi connectivity index (χ0) is 26.5. The average Bonchev–Trinajstić information content (AvgIpc) is 2.81. The average molecular weight is 508 g/mol. The number of nitrogens with one attached hydrogen (secondary N) is 2. The lowest BCUT2D eigenvalue weighted by Gasteiger charge is -2.24.